The molecule has 0 saturated carbocycles. The third-order valence-electron chi connectivity index (χ3n) is 3.08. The predicted octanol–water partition coefficient (Wildman–Crippen LogP) is 2.74. The highest BCUT2D eigenvalue weighted by Crippen LogP contribution is 2.31. The van der Waals surface area contributed by atoms with Crippen LogP contribution in [0.4, 0.5) is 13.2 Å². The molecule has 6 heteroatoms. The van der Waals surface area contributed by atoms with E-state index in [4.69, 9.17) is 5.73 Å². The number of nitrogens with two attached hydrogens (primary N) is 1. The fourth-order valence-electron chi connectivity index (χ4n) is 2.19. The lowest BCUT2D eigenvalue weighted by Gasteiger charge is -2.19. The molecule has 0 aromatic heterocycles. The maximum Gasteiger partial charge on any atom is 0.416 e. The molecule has 0 bridgehead atoms. The van der Waals surface area contributed by atoms with Crippen molar-refractivity contribution in [1.82, 2.24) is 5.32 Å². The van der Waals surface area contributed by atoms with Crippen molar-refractivity contribution in [3.63, 3.8) is 0 Å². The van der Waals surface area contributed by atoms with Gasteiger partial charge in [0.25, 0.3) is 0 Å². The summed E-state index contributed by atoms with van der Waals surface area (Å²) < 4.78 is 38.5. The van der Waals surface area contributed by atoms with Crippen molar-refractivity contribution >= 4 is 5.91 Å². The van der Waals surface area contributed by atoms with Crippen LogP contribution in [0.3, 0.4) is 0 Å². The second-order valence-electron chi connectivity index (χ2n) is 5.46. The van der Waals surface area contributed by atoms with Crippen LogP contribution in [0.5, 0.6) is 0 Å². The normalized spacial score (nSPS) is 13.3. The van der Waals surface area contributed by atoms with Crippen LogP contribution in [0.1, 0.15) is 31.4 Å². The molecule has 0 aliphatic carbocycles. The van der Waals surface area contributed by atoms with Gasteiger partial charge in [-0.3, -0.25) is 4.79 Å². The highest BCUT2D eigenvalue weighted by molar-refractivity contribution is 5.79. The molecule has 3 N–H and O–H groups in total. The van der Waals surface area contributed by atoms with Gasteiger partial charge in [-0.25, -0.2) is 0 Å². The van der Waals surface area contributed by atoms with E-state index in [0.29, 0.717) is 12.3 Å². The molecule has 0 aliphatic rings. The number of hydrogen-bond donors (Lipinski definition) is 2. The fraction of sp³-hybridized carbons (Fsp3) is 0.533. The van der Waals surface area contributed by atoms with Gasteiger partial charge >= 0.3 is 6.18 Å². The van der Waals surface area contributed by atoms with Gasteiger partial charge in [-0.05, 0) is 24.0 Å². The molecule has 1 atom stereocenters. The largest absolute Gasteiger partial charge is 0.416 e. The summed E-state index contributed by atoms with van der Waals surface area (Å²) in [6.45, 7) is 4.26. The topological polar surface area (TPSA) is 55.1 Å². The Morgan fingerprint density at radius 1 is 1.29 bits per heavy atom. The molecule has 1 aromatic carbocycles. The summed E-state index contributed by atoms with van der Waals surface area (Å²) in [6.07, 6.45) is -4.06. The van der Waals surface area contributed by atoms with E-state index in [2.05, 4.69) is 5.32 Å². The van der Waals surface area contributed by atoms with E-state index in [9.17, 15) is 18.0 Å². The molecule has 0 aliphatic heterocycles. The van der Waals surface area contributed by atoms with Gasteiger partial charge in [0.2, 0.25) is 5.91 Å². The van der Waals surface area contributed by atoms with Crippen LogP contribution in [-0.2, 0) is 17.4 Å². The maximum atomic E-state index is 12.8. The van der Waals surface area contributed by atoms with Crippen molar-refractivity contribution in [3.05, 3.63) is 35.4 Å². The van der Waals surface area contributed by atoms with Gasteiger partial charge in [-0.1, -0.05) is 32.0 Å². The first kappa shape index (κ1) is 17.5. The van der Waals surface area contributed by atoms with Crippen LogP contribution < -0.4 is 11.1 Å². The van der Waals surface area contributed by atoms with E-state index >= 15 is 0 Å². The second-order valence-corrected chi connectivity index (χ2v) is 5.46. The van der Waals surface area contributed by atoms with E-state index < -0.39 is 17.6 Å². The van der Waals surface area contributed by atoms with Crippen molar-refractivity contribution in [3.8, 4) is 0 Å². The Hall–Kier alpha value is -1.56. The molecule has 1 aromatic rings. The monoisotopic (exact) mass is 302 g/mol. The zero-order valence-corrected chi connectivity index (χ0v) is 12.2. The van der Waals surface area contributed by atoms with Crippen LogP contribution in [-0.4, -0.2) is 18.5 Å². The van der Waals surface area contributed by atoms with E-state index in [1.165, 1.54) is 18.2 Å². The van der Waals surface area contributed by atoms with Gasteiger partial charge in [0.15, 0.2) is 0 Å². The smallest absolute Gasteiger partial charge is 0.352 e. The van der Waals surface area contributed by atoms with Crippen molar-refractivity contribution in [2.45, 2.75) is 38.9 Å². The van der Waals surface area contributed by atoms with Crippen molar-refractivity contribution in [2.24, 2.45) is 11.7 Å². The Morgan fingerprint density at radius 3 is 2.43 bits per heavy atom. The molecule has 0 saturated heterocycles. The number of carbonyl (C=O) groups is 1. The van der Waals surface area contributed by atoms with E-state index in [1.54, 1.807) is 0 Å². The lowest BCUT2D eigenvalue weighted by atomic mass is 10.0. The van der Waals surface area contributed by atoms with Gasteiger partial charge in [0, 0.05) is 12.6 Å². The van der Waals surface area contributed by atoms with Crippen molar-refractivity contribution in [1.29, 1.82) is 0 Å². The summed E-state index contributed by atoms with van der Waals surface area (Å²) in [5.41, 5.74) is 4.77. The Kier molecular flexibility index (Phi) is 6.20. The van der Waals surface area contributed by atoms with Crippen LogP contribution >= 0.6 is 0 Å². The predicted molar refractivity (Wildman–Crippen MR) is 75.6 cm³/mol. The SMILES string of the molecule is CC(C)CC(CN)NC(=O)Cc1ccccc1C(F)(F)F. The summed E-state index contributed by atoms with van der Waals surface area (Å²) in [6, 6.07) is 4.90. The number of carbonyl (C=O) groups excluding carboxylic acids is 1. The Morgan fingerprint density at radius 2 is 1.90 bits per heavy atom. The minimum Gasteiger partial charge on any atom is -0.352 e. The van der Waals surface area contributed by atoms with Gasteiger partial charge in [0.1, 0.15) is 0 Å². The first-order valence-electron chi connectivity index (χ1n) is 6.88. The number of benzene rings is 1. The molecule has 1 rings (SSSR count). The van der Waals surface area contributed by atoms with Crippen molar-refractivity contribution in [2.75, 3.05) is 6.54 Å². The Balaban J connectivity index is 2.75. The van der Waals surface area contributed by atoms with Crippen molar-refractivity contribution < 1.29 is 18.0 Å². The first-order chi connectivity index (χ1) is 9.74. The Labute approximate surface area is 122 Å². The van der Waals surface area contributed by atoms with Gasteiger partial charge in [-0.2, -0.15) is 13.2 Å². The number of nitrogens with one attached hydrogen (secondary N) is 1. The standard InChI is InChI=1S/C15H21F3N2O/c1-10(2)7-12(9-19)20-14(21)8-11-5-3-4-6-13(11)15(16,17)18/h3-6,10,12H,7-9,19H2,1-2H3,(H,20,21). The number of amides is 1. The quantitative estimate of drug-likeness (QED) is 0.849. The Bertz CT molecular complexity index is 472. The first-order valence-corrected chi connectivity index (χ1v) is 6.88. The third-order valence-corrected chi connectivity index (χ3v) is 3.08. The lowest BCUT2D eigenvalue weighted by molar-refractivity contribution is -0.138. The summed E-state index contributed by atoms with van der Waals surface area (Å²) in [5, 5.41) is 2.69. The summed E-state index contributed by atoms with van der Waals surface area (Å²) >= 11 is 0. The molecule has 21 heavy (non-hydrogen) atoms. The minimum absolute atomic E-state index is 0.0252. The molecule has 0 spiro atoms. The minimum atomic E-state index is -4.46. The highest BCUT2D eigenvalue weighted by Gasteiger charge is 2.33. The van der Waals surface area contributed by atoms with E-state index in [-0.39, 0.29) is 24.6 Å². The second kappa shape index (κ2) is 7.45. The van der Waals surface area contributed by atoms with Gasteiger partial charge < -0.3 is 11.1 Å². The van der Waals surface area contributed by atoms with Crippen LogP contribution in [0, 0.1) is 5.92 Å². The third kappa shape index (κ3) is 5.75. The number of hydrogen-bond acceptors (Lipinski definition) is 2. The zero-order chi connectivity index (χ0) is 16.0. The molecule has 0 radical (unpaired) electrons. The molecule has 3 nitrogen and oxygen atoms in total. The fourth-order valence-corrected chi connectivity index (χ4v) is 2.19. The maximum absolute atomic E-state index is 12.8. The number of alkyl halides is 3. The number of halogens is 3. The van der Waals surface area contributed by atoms with Crippen LogP contribution in [0.2, 0.25) is 0 Å². The van der Waals surface area contributed by atoms with Gasteiger partial charge in [0.05, 0.1) is 12.0 Å². The molecule has 0 fully saturated rings. The average molecular weight is 302 g/mol. The lowest BCUT2D eigenvalue weighted by Crippen LogP contribution is -2.41. The van der Waals surface area contributed by atoms with Gasteiger partial charge in [-0.15, -0.1) is 0 Å². The molecular weight excluding hydrogens is 281 g/mol. The number of rotatable bonds is 6. The van der Waals surface area contributed by atoms with Crippen LogP contribution in [0.25, 0.3) is 0 Å². The highest BCUT2D eigenvalue weighted by atomic mass is 19.4. The summed E-state index contributed by atoms with van der Waals surface area (Å²) in [4.78, 5) is 11.9. The molecule has 1 unspecified atom stereocenters. The average Bonchev–Trinajstić information content (AvgIpc) is 2.36. The molecule has 0 heterocycles. The van der Waals surface area contributed by atoms with E-state index in [0.717, 1.165) is 6.07 Å². The van der Waals surface area contributed by atoms with E-state index in [1.807, 2.05) is 13.8 Å². The van der Waals surface area contributed by atoms with Crippen LogP contribution in [0.15, 0.2) is 24.3 Å². The zero-order valence-electron chi connectivity index (χ0n) is 12.2. The molecule has 1 amide bonds. The summed E-state index contributed by atoms with van der Waals surface area (Å²) in [5.74, 6) is -0.0934. The molecule has 118 valence electrons. The summed E-state index contributed by atoms with van der Waals surface area (Å²) in [7, 11) is 0. The molecular formula is C15H21F3N2O.